The lowest BCUT2D eigenvalue weighted by Crippen LogP contribution is -2.23. The Bertz CT molecular complexity index is 834. The summed E-state index contributed by atoms with van der Waals surface area (Å²) in [7, 11) is 1.69. The number of pyridine rings is 1. The zero-order valence-corrected chi connectivity index (χ0v) is 15.1. The molecule has 0 radical (unpaired) electrons. The lowest BCUT2D eigenvalue weighted by atomic mass is 10.0. The first-order valence-electron chi connectivity index (χ1n) is 8.40. The summed E-state index contributed by atoms with van der Waals surface area (Å²) in [4.78, 5) is 6.75. The number of hydrogen-bond donors (Lipinski definition) is 0. The average molecular weight is 352 g/mol. The van der Waals surface area contributed by atoms with E-state index in [0.29, 0.717) is 12.0 Å². The van der Waals surface area contributed by atoms with Crippen molar-refractivity contribution in [3.8, 4) is 16.5 Å². The van der Waals surface area contributed by atoms with E-state index in [1.165, 1.54) is 5.56 Å². The van der Waals surface area contributed by atoms with Gasteiger partial charge in [0.15, 0.2) is 5.01 Å². The Hall–Kier alpha value is -2.47. The molecule has 0 unspecified atom stereocenters. The molecular formula is C19H20N4OS. The van der Waals surface area contributed by atoms with Crippen LogP contribution in [0.1, 0.15) is 24.9 Å². The van der Waals surface area contributed by atoms with Gasteiger partial charge in [0.25, 0.3) is 0 Å². The van der Waals surface area contributed by atoms with E-state index in [-0.39, 0.29) is 0 Å². The van der Waals surface area contributed by atoms with Gasteiger partial charge < -0.3 is 9.64 Å². The highest BCUT2D eigenvalue weighted by molar-refractivity contribution is 7.18. The summed E-state index contributed by atoms with van der Waals surface area (Å²) in [5.74, 6) is 1.50. The second-order valence-electron chi connectivity index (χ2n) is 6.39. The van der Waals surface area contributed by atoms with Crippen LogP contribution >= 0.6 is 11.3 Å². The van der Waals surface area contributed by atoms with Crippen LogP contribution in [0.2, 0.25) is 0 Å². The van der Waals surface area contributed by atoms with Crippen molar-refractivity contribution >= 4 is 16.5 Å². The van der Waals surface area contributed by atoms with Gasteiger partial charge in [0.2, 0.25) is 5.13 Å². The van der Waals surface area contributed by atoms with E-state index in [4.69, 9.17) is 4.74 Å². The lowest BCUT2D eigenvalue weighted by molar-refractivity contribution is 0.414. The van der Waals surface area contributed by atoms with Gasteiger partial charge in [-0.25, -0.2) is 0 Å². The Morgan fingerprint density at radius 2 is 1.96 bits per heavy atom. The van der Waals surface area contributed by atoms with Gasteiger partial charge in [0.05, 0.1) is 13.2 Å². The number of methoxy groups -OCH3 is 1. The van der Waals surface area contributed by atoms with Crippen LogP contribution in [0.5, 0.6) is 5.75 Å². The molecule has 0 spiro atoms. The molecule has 1 saturated heterocycles. The summed E-state index contributed by atoms with van der Waals surface area (Å²) in [6.07, 6.45) is 2.90. The Labute approximate surface area is 151 Å². The summed E-state index contributed by atoms with van der Waals surface area (Å²) in [6, 6.07) is 14.5. The van der Waals surface area contributed by atoms with Crippen molar-refractivity contribution in [2.24, 2.45) is 5.92 Å². The van der Waals surface area contributed by atoms with Crippen molar-refractivity contribution < 1.29 is 4.74 Å². The fourth-order valence-electron chi connectivity index (χ4n) is 3.32. The van der Waals surface area contributed by atoms with E-state index in [0.717, 1.165) is 34.5 Å². The van der Waals surface area contributed by atoms with Crippen molar-refractivity contribution in [2.45, 2.75) is 19.4 Å². The van der Waals surface area contributed by atoms with E-state index < -0.39 is 0 Å². The number of rotatable bonds is 4. The highest BCUT2D eigenvalue weighted by atomic mass is 32.1. The first-order chi connectivity index (χ1) is 12.2. The molecule has 0 N–H and O–H groups in total. The molecule has 1 aliphatic rings. The number of nitrogens with zero attached hydrogens (tertiary/aromatic N) is 4. The molecular weight excluding hydrogens is 332 g/mol. The van der Waals surface area contributed by atoms with Crippen LogP contribution in [0, 0.1) is 5.92 Å². The number of hydrogen-bond acceptors (Lipinski definition) is 6. The van der Waals surface area contributed by atoms with E-state index in [9.17, 15) is 0 Å². The summed E-state index contributed by atoms with van der Waals surface area (Å²) in [5, 5.41) is 10.6. The topological polar surface area (TPSA) is 51.1 Å². The molecule has 1 aliphatic heterocycles. The van der Waals surface area contributed by atoms with Gasteiger partial charge in [0.1, 0.15) is 11.4 Å². The van der Waals surface area contributed by atoms with Crippen LogP contribution in [0.15, 0.2) is 48.7 Å². The SMILES string of the molecule is COc1ccc([C@H]2C[C@H](C)CN2c2nnc(-c3ccccn3)s2)cc1. The molecule has 3 heterocycles. The fourth-order valence-corrected chi connectivity index (χ4v) is 4.20. The first-order valence-corrected chi connectivity index (χ1v) is 9.21. The average Bonchev–Trinajstić information content (AvgIpc) is 3.29. The van der Waals surface area contributed by atoms with Gasteiger partial charge in [-0.05, 0) is 42.2 Å². The Morgan fingerprint density at radius 3 is 2.68 bits per heavy atom. The zero-order chi connectivity index (χ0) is 17.2. The number of benzene rings is 1. The third-order valence-corrected chi connectivity index (χ3v) is 5.54. The van der Waals surface area contributed by atoms with E-state index in [1.807, 2.05) is 30.3 Å². The molecule has 0 amide bonds. The van der Waals surface area contributed by atoms with Crippen LogP contribution in [-0.4, -0.2) is 28.8 Å². The van der Waals surface area contributed by atoms with Gasteiger partial charge in [-0.1, -0.05) is 36.5 Å². The normalized spacial score (nSPS) is 20.0. The minimum atomic E-state index is 0.324. The molecule has 3 aromatic rings. The summed E-state index contributed by atoms with van der Waals surface area (Å²) in [5.41, 5.74) is 2.17. The molecule has 128 valence electrons. The predicted molar refractivity (Wildman–Crippen MR) is 100 cm³/mol. The number of ether oxygens (including phenoxy) is 1. The molecule has 2 atom stereocenters. The maximum absolute atomic E-state index is 5.28. The monoisotopic (exact) mass is 352 g/mol. The fraction of sp³-hybridized carbons (Fsp3) is 0.316. The standard InChI is InChI=1S/C19H20N4OS/c1-13-11-17(14-6-8-15(24-2)9-7-14)23(12-13)19-22-21-18(25-19)16-5-3-4-10-20-16/h3-10,13,17H,11-12H2,1-2H3/t13-,17+/m0/s1. The lowest BCUT2D eigenvalue weighted by Gasteiger charge is -2.24. The van der Waals surface area contributed by atoms with Crippen LogP contribution in [0.25, 0.3) is 10.7 Å². The minimum Gasteiger partial charge on any atom is -0.497 e. The van der Waals surface area contributed by atoms with E-state index in [2.05, 4.69) is 39.1 Å². The second-order valence-corrected chi connectivity index (χ2v) is 7.34. The van der Waals surface area contributed by atoms with Crippen LogP contribution < -0.4 is 9.64 Å². The third-order valence-electron chi connectivity index (χ3n) is 4.55. The maximum atomic E-state index is 5.28. The quantitative estimate of drug-likeness (QED) is 0.704. The molecule has 25 heavy (non-hydrogen) atoms. The molecule has 0 aliphatic carbocycles. The molecule has 2 aromatic heterocycles. The summed E-state index contributed by atoms with van der Waals surface area (Å²) >= 11 is 1.61. The van der Waals surface area contributed by atoms with Crippen LogP contribution in [-0.2, 0) is 0 Å². The number of aromatic nitrogens is 3. The maximum Gasteiger partial charge on any atom is 0.209 e. The van der Waals surface area contributed by atoms with Gasteiger partial charge in [-0.3, -0.25) is 4.98 Å². The van der Waals surface area contributed by atoms with Gasteiger partial charge >= 0.3 is 0 Å². The molecule has 1 fully saturated rings. The molecule has 0 bridgehead atoms. The molecule has 1 aromatic carbocycles. The van der Waals surface area contributed by atoms with Crippen LogP contribution in [0.3, 0.4) is 0 Å². The van der Waals surface area contributed by atoms with Crippen molar-refractivity contribution in [1.29, 1.82) is 0 Å². The van der Waals surface area contributed by atoms with Crippen LogP contribution in [0.4, 0.5) is 5.13 Å². The smallest absolute Gasteiger partial charge is 0.209 e. The molecule has 0 saturated carbocycles. The highest BCUT2D eigenvalue weighted by Crippen LogP contribution is 2.41. The predicted octanol–water partition coefficient (Wildman–Crippen LogP) is 4.20. The minimum absolute atomic E-state index is 0.324. The number of anilines is 1. The third kappa shape index (κ3) is 3.22. The van der Waals surface area contributed by atoms with Crippen molar-refractivity contribution in [3.63, 3.8) is 0 Å². The largest absolute Gasteiger partial charge is 0.497 e. The Morgan fingerprint density at radius 1 is 1.12 bits per heavy atom. The van der Waals surface area contributed by atoms with Gasteiger partial charge in [-0.2, -0.15) is 0 Å². The molecule has 5 nitrogen and oxygen atoms in total. The van der Waals surface area contributed by atoms with E-state index in [1.54, 1.807) is 24.6 Å². The van der Waals surface area contributed by atoms with E-state index >= 15 is 0 Å². The Balaban J connectivity index is 1.62. The zero-order valence-electron chi connectivity index (χ0n) is 14.3. The summed E-state index contributed by atoms with van der Waals surface area (Å²) < 4.78 is 5.28. The van der Waals surface area contributed by atoms with Gasteiger partial charge in [-0.15, -0.1) is 10.2 Å². The van der Waals surface area contributed by atoms with Crippen molar-refractivity contribution in [2.75, 3.05) is 18.6 Å². The van der Waals surface area contributed by atoms with Crippen molar-refractivity contribution in [1.82, 2.24) is 15.2 Å². The first kappa shape index (κ1) is 16.0. The highest BCUT2D eigenvalue weighted by Gasteiger charge is 2.33. The summed E-state index contributed by atoms with van der Waals surface area (Å²) in [6.45, 7) is 3.28. The second kappa shape index (κ2) is 6.80. The van der Waals surface area contributed by atoms with Gasteiger partial charge in [0, 0.05) is 12.7 Å². The molecule has 4 rings (SSSR count). The molecule has 6 heteroatoms. The Kier molecular flexibility index (Phi) is 4.36. The van der Waals surface area contributed by atoms with Crippen molar-refractivity contribution in [3.05, 3.63) is 54.2 Å².